The summed E-state index contributed by atoms with van der Waals surface area (Å²) < 4.78 is 2.59. The fourth-order valence-electron chi connectivity index (χ4n) is 2.40. The van der Waals surface area contributed by atoms with Crippen molar-refractivity contribution in [3.63, 3.8) is 0 Å². The molecule has 6 heteroatoms. The lowest BCUT2D eigenvalue weighted by atomic mass is 9.92. The van der Waals surface area contributed by atoms with Gasteiger partial charge in [-0.25, -0.2) is 0 Å². The third-order valence-corrected chi connectivity index (χ3v) is 4.22. The lowest BCUT2D eigenvalue weighted by Gasteiger charge is -2.23. The van der Waals surface area contributed by atoms with Crippen molar-refractivity contribution in [1.82, 2.24) is 20.0 Å². The molecule has 1 fully saturated rings. The molecule has 0 saturated carbocycles. The lowest BCUT2D eigenvalue weighted by Crippen LogP contribution is -2.45. The summed E-state index contributed by atoms with van der Waals surface area (Å²) in [4.78, 5) is 14.8. The monoisotopic (exact) mass is 328 g/mol. The van der Waals surface area contributed by atoms with Gasteiger partial charge >= 0.3 is 0 Å². The predicted molar refractivity (Wildman–Crippen MR) is 78.5 cm³/mol. The van der Waals surface area contributed by atoms with E-state index in [0.717, 1.165) is 36.9 Å². The zero-order chi connectivity index (χ0) is 14.0. The van der Waals surface area contributed by atoms with Gasteiger partial charge in [-0.2, -0.15) is 5.10 Å². The number of nitrogens with one attached hydrogen (secondary N) is 1. The van der Waals surface area contributed by atoms with E-state index in [1.165, 1.54) is 0 Å². The summed E-state index contributed by atoms with van der Waals surface area (Å²) in [5.74, 6) is 0.133. The first-order valence-electron chi connectivity index (χ1n) is 6.60. The number of hydrogen-bond acceptors (Lipinski definition) is 4. The van der Waals surface area contributed by atoms with Crippen molar-refractivity contribution in [2.45, 2.75) is 31.8 Å². The number of rotatable bonds is 5. The molecule has 0 aromatic carbocycles. The summed E-state index contributed by atoms with van der Waals surface area (Å²) in [5.41, 5.74) is 0.233. The van der Waals surface area contributed by atoms with Crippen LogP contribution in [0.3, 0.4) is 0 Å². The highest BCUT2D eigenvalue weighted by molar-refractivity contribution is 9.10. The highest BCUT2D eigenvalue weighted by Gasteiger charge is 2.39. The second-order valence-corrected chi connectivity index (χ2v) is 6.41. The zero-order valence-corrected chi connectivity index (χ0v) is 13.3. The molecule has 0 amide bonds. The van der Waals surface area contributed by atoms with Gasteiger partial charge < -0.3 is 10.2 Å². The molecule has 0 bridgehead atoms. The molecule has 1 unspecified atom stereocenters. The Kier molecular flexibility index (Phi) is 4.43. The fraction of sp³-hybridized carbons (Fsp3) is 0.692. The van der Waals surface area contributed by atoms with Crippen LogP contribution < -0.4 is 5.32 Å². The molecule has 2 heterocycles. The normalized spacial score (nSPS) is 23.2. The maximum absolute atomic E-state index is 12.7. The first-order valence-corrected chi connectivity index (χ1v) is 7.39. The summed E-state index contributed by atoms with van der Waals surface area (Å²) in [6.07, 6.45) is 3.64. The molecule has 1 saturated heterocycles. The number of aromatic nitrogens is 2. The van der Waals surface area contributed by atoms with E-state index >= 15 is 0 Å². The summed E-state index contributed by atoms with van der Waals surface area (Å²) in [5, 5.41) is 7.62. The van der Waals surface area contributed by atoms with Crippen LogP contribution in [0, 0.1) is 0 Å². The minimum atomic E-state index is -0.446. The van der Waals surface area contributed by atoms with E-state index < -0.39 is 5.54 Å². The van der Waals surface area contributed by atoms with Crippen LogP contribution in [0.15, 0.2) is 10.7 Å². The Morgan fingerprint density at radius 2 is 2.37 bits per heavy atom. The third-order valence-electron chi connectivity index (χ3n) is 3.64. The summed E-state index contributed by atoms with van der Waals surface area (Å²) in [6, 6.07) is 0. The van der Waals surface area contributed by atoms with Gasteiger partial charge in [0.2, 0.25) is 5.78 Å². The molecule has 1 aliphatic rings. The van der Waals surface area contributed by atoms with Crippen molar-refractivity contribution >= 4 is 21.7 Å². The van der Waals surface area contributed by atoms with Crippen molar-refractivity contribution in [2.75, 3.05) is 27.2 Å². The van der Waals surface area contributed by atoms with Crippen molar-refractivity contribution < 1.29 is 4.79 Å². The Labute approximate surface area is 122 Å². The van der Waals surface area contributed by atoms with E-state index in [0.29, 0.717) is 5.69 Å². The van der Waals surface area contributed by atoms with Crippen LogP contribution in [0.5, 0.6) is 0 Å². The average Bonchev–Trinajstić information content (AvgIpc) is 2.93. The van der Waals surface area contributed by atoms with Gasteiger partial charge in [0, 0.05) is 6.54 Å². The van der Waals surface area contributed by atoms with Crippen molar-refractivity contribution in [3.8, 4) is 0 Å². The van der Waals surface area contributed by atoms with Crippen LogP contribution in [0.1, 0.15) is 30.3 Å². The van der Waals surface area contributed by atoms with Crippen LogP contribution in [0.25, 0.3) is 0 Å². The number of carbonyl (C=O) groups is 1. The van der Waals surface area contributed by atoms with E-state index in [9.17, 15) is 4.79 Å². The fourth-order valence-corrected chi connectivity index (χ4v) is 2.88. The second-order valence-electron chi connectivity index (χ2n) is 5.56. The molecule has 1 aromatic rings. The molecule has 1 aliphatic heterocycles. The molecule has 1 aromatic heterocycles. The molecular formula is C13H21BrN4O. The van der Waals surface area contributed by atoms with Gasteiger partial charge in [-0.1, -0.05) is 0 Å². The third kappa shape index (κ3) is 3.07. The second kappa shape index (κ2) is 5.73. The topological polar surface area (TPSA) is 50.2 Å². The van der Waals surface area contributed by atoms with E-state index in [1.807, 2.05) is 21.0 Å². The summed E-state index contributed by atoms with van der Waals surface area (Å²) in [7, 11) is 4.03. The molecule has 1 N–H and O–H groups in total. The molecule has 106 valence electrons. The SMILES string of the molecule is CN(C)CCn1ncc(Br)c1C(=O)C1(C)CCCN1. The Balaban J connectivity index is 2.23. The zero-order valence-electron chi connectivity index (χ0n) is 11.7. The van der Waals surface area contributed by atoms with Gasteiger partial charge in [0.15, 0.2) is 0 Å². The van der Waals surface area contributed by atoms with Crippen LogP contribution in [0.4, 0.5) is 0 Å². The average molecular weight is 329 g/mol. The van der Waals surface area contributed by atoms with Gasteiger partial charge in [0.25, 0.3) is 0 Å². The van der Waals surface area contributed by atoms with Crippen LogP contribution in [0.2, 0.25) is 0 Å². The summed E-state index contributed by atoms with van der Waals surface area (Å²) >= 11 is 3.45. The van der Waals surface area contributed by atoms with E-state index in [1.54, 1.807) is 10.9 Å². The molecule has 0 spiro atoms. The van der Waals surface area contributed by atoms with Crippen LogP contribution >= 0.6 is 15.9 Å². The van der Waals surface area contributed by atoms with Gasteiger partial charge in [-0.3, -0.25) is 9.48 Å². The smallest absolute Gasteiger partial charge is 0.201 e. The van der Waals surface area contributed by atoms with Crippen LogP contribution in [-0.2, 0) is 6.54 Å². The Hall–Kier alpha value is -0.720. The Bertz CT molecular complexity index is 463. The van der Waals surface area contributed by atoms with E-state index in [2.05, 4.69) is 31.2 Å². The van der Waals surface area contributed by atoms with Crippen molar-refractivity contribution in [3.05, 3.63) is 16.4 Å². The standard InChI is InChI=1S/C13H21BrN4O/c1-13(5-4-6-15-13)12(19)11-10(14)9-16-18(11)8-7-17(2)3/h9,15H,4-8H2,1-3H3. The lowest BCUT2D eigenvalue weighted by molar-refractivity contribution is 0.0871. The molecule has 1 atom stereocenters. The molecule has 0 aliphatic carbocycles. The number of likely N-dealkylation sites (N-methyl/N-ethyl adjacent to an activating group) is 1. The van der Waals surface area contributed by atoms with Gasteiger partial charge in [0.1, 0.15) is 5.69 Å². The number of ketones is 1. The maximum Gasteiger partial charge on any atom is 0.201 e. The van der Waals surface area contributed by atoms with E-state index in [4.69, 9.17) is 0 Å². The Morgan fingerprint density at radius 1 is 1.63 bits per heavy atom. The summed E-state index contributed by atoms with van der Waals surface area (Å²) in [6.45, 7) is 4.47. The van der Waals surface area contributed by atoms with Gasteiger partial charge in [0.05, 0.1) is 22.8 Å². The molecule has 2 rings (SSSR count). The van der Waals surface area contributed by atoms with Crippen LogP contribution in [-0.4, -0.2) is 53.2 Å². The quantitative estimate of drug-likeness (QED) is 0.833. The minimum Gasteiger partial charge on any atom is -0.308 e. The highest BCUT2D eigenvalue weighted by Crippen LogP contribution is 2.27. The molecular weight excluding hydrogens is 308 g/mol. The molecule has 0 radical (unpaired) electrons. The molecule has 5 nitrogen and oxygen atoms in total. The first kappa shape index (κ1) is 14.7. The molecule has 19 heavy (non-hydrogen) atoms. The van der Waals surface area contributed by atoms with Gasteiger partial charge in [-0.15, -0.1) is 0 Å². The maximum atomic E-state index is 12.7. The number of carbonyl (C=O) groups excluding carboxylic acids is 1. The number of Topliss-reactive ketones (excluding diaryl/α,β-unsaturated/α-hetero) is 1. The number of halogens is 1. The first-order chi connectivity index (χ1) is 8.94. The number of hydrogen-bond donors (Lipinski definition) is 1. The Morgan fingerprint density at radius 3 is 2.95 bits per heavy atom. The minimum absolute atomic E-state index is 0.133. The van der Waals surface area contributed by atoms with E-state index in [-0.39, 0.29) is 5.78 Å². The largest absolute Gasteiger partial charge is 0.308 e. The predicted octanol–water partition coefficient (Wildman–Crippen LogP) is 1.53. The van der Waals surface area contributed by atoms with Gasteiger partial charge in [-0.05, 0) is 56.3 Å². The van der Waals surface area contributed by atoms with Crippen molar-refractivity contribution in [2.24, 2.45) is 0 Å². The highest BCUT2D eigenvalue weighted by atomic mass is 79.9. The number of nitrogens with zero attached hydrogens (tertiary/aromatic N) is 3. The van der Waals surface area contributed by atoms with Crippen molar-refractivity contribution in [1.29, 1.82) is 0 Å².